The van der Waals surface area contributed by atoms with Crippen LogP contribution in [0, 0.1) is 0 Å². The first-order chi connectivity index (χ1) is 6.70. The van der Waals surface area contributed by atoms with Gasteiger partial charge in [-0.1, -0.05) is 31.2 Å². The number of hydrogen-bond acceptors (Lipinski definition) is 2. The zero-order chi connectivity index (χ0) is 10.1. The largest absolute Gasteiger partial charge is 0.479 e. The first-order valence-corrected chi connectivity index (χ1v) is 4.62. The molecule has 2 atom stereocenters. The number of aliphatic carboxylic acids is 1. The molecule has 0 amide bonds. The van der Waals surface area contributed by atoms with Crippen LogP contribution >= 0.6 is 0 Å². The Kier molecular flexibility index (Phi) is 2.25. The number of carboxylic acids is 1. The predicted molar refractivity (Wildman–Crippen MR) is 51.1 cm³/mol. The Morgan fingerprint density at radius 1 is 1.50 bits per heavy atom. The Hall–Kier alpha value is -1.35. The molecule has 3 heteroatoms. The van der Waals surface area contributed by atoms with Crippen molar-refractivity contribution in [1.82, 2.24) is 0 Å². The highest BCUT2D eigenvalue weighted by Gasteiger charge is 2.31. The van der Waals surface area contributed by atoms with Gasteiger partial charge in [-0.05, 0) is 11.1 Å². The number of hydrogen-bond donors (Lipinski definition) is 1. The molecule has 0 saturated carbocycles. The van der Waals surface area contributed by atoms with Gasteiger partial charge >= 0.3 is 5.97 Å². The standard InChI is InChI=1S/C11H12O3/c1-7-9-5-3-2-4-8(9)6-14-10(7)11(12)13/h2-5,7,10H,6H2,1H3,(H,12,13). The molecule has 1 N–H and O–H groups in total. The molecule has 14 heavy (non-hydrogen) atoms. The lowest BCUT2D eigenvalue weighted by atomic mass is 9.89. The maximum Gasteiger partial charge on any atom is 0.333 e. The van der Waals surface area contributed by atoms with Crippen LogP contribution in [0.1, 0.15) is 24.0 Å². The van der Waals surface area contributed by atoms with Gasteiger partial charge in [0.05, 0.1) is 6.61 Å². The Morgan fingerprint density at radius 2 is 2.21 bits per heavy atom. The van der Waals surface area contributed by atoms with Crippen molar-refractivity contribution in [2.24, 2.45) is 0 Å². The lowest BCUT2D eigenvalue weighted by Gasteiger charge is -2.28. The number of benzene rings is 1. The summed E-state index contributed by atoms with van der Waals surface area (Å²) in [6.07, 6.45) is -0.704. The zero-order valence-electron chi connectivity index (χ0n) is 7.93. The third kappa shape index (κ3) is 1.40. The van der Waals surface area contributed by atoms with Crippen molar-refractivity contribution in [1.29, 1.82) is 0 Å². The molecule has 1 heterocycles. The molecule has 2 rings (SSSR count). The minimum Gasteiger partial charge on any atom is -0.479 e. The Balaban J connectivity index is 2.36. The van der Waals surface area contributed by atoms with Gasteiger partial charge in [-0.25, -0.2) is 4.79 Å². The van der Waals surface area contributed by atoms with Crippen molar-refractivity contribution >= 4 is 5.97 Å². The van der Waals surface area contributed by atoms with Gasteiger partial charge in [-0.2, -0.15) is 0 Å². The summed E-state index contributed by atoms with van der Waals surface area (Å²) in [6, 6.07) is 7.82. The second-order valence-electron chi connectivity index (χ2n) is 3.56. The fourth-order valence-electron chi connectivity index (χ4n) is 1.88. The van der Waals surface area contributed by atoms with Gasteiger partial charge in [0, 0.05) is 5.92 Å². The summed E-state index contributed by atoms with van der Waals surface area (Å²) in [5.74, 6) is -0.954. The van der Waals surface area contributed by atoms with E-state index in [1.165, 1.54) is 0 Å². The van der Waals surface area contributed by atoms with Crippen molar-refractivity contribution in [3.63, 3.8) is 0 Å². The highest BCUT2D eigenvalue weighted by molar-refractivity contribution is 5.74. The number of rotatable bonds is 1. The second kappa shape index (κ2) is 3.42. The molecule has 0 aliphatic carbocycles. The van der Waals surface area contributed by atoms with Gasteiger partial charge in [0.2, 0.25) is 0 Å². The summed E-state index contributed by atoms with van der Waals surface area (Å²) >= 11 is 0. The van der Waals surface area contributed by atoms with Crippen LogP contribution < -0.4 is 0 Å². The summed E-state index contributed by atoms with van der Waals surface area (Å²) in [7, 11) is 0. The topological polar surface area (TPSA) is 46.5 Å². The minimum absolute atomic E-state index is 0.0718. The fourth-order valence-corrected chi connectivity index (χ4v) is 1.88. The van der Waals surface area contributed by atoms with E-state index < -0.39 is 12.1 Å². The maximum absolute atomic E-state index is 10.8. The van der Waals surface area contributed by atoms with Crippen LogP contribution in [-0.2, 0) is 16.1 Å². The number of carboxylic acid groups (broad SMARTS) is 1. The molecule has 1 aromatic rings. The fraction of sp³-hybridized carbons (Fsp3) is 0.364. The molecular weight excluding hydrogens is 180 g/mol. The third-order valence-electron chi connectivity index (χ3n) is 2.66. The summed E-state index contributed by atoms with van der Waals surface area (Å²) in [5, 5.41) is 8.91. The van der Waals surface area contributed by atoms with E-state index in [4.69, 9.17) is 9.84 Å². The highest BCUT2D eigenvalue weighted by Crippen LogP contribution is 2.30. The van der Waals surface area contributed by atoms with Gasteiger partial charge in [-0.15, -0.1) is 0 Å². The molecule has 1 aromatic carbocycles. The van der Waals surface area contributed by atoms with Crippen LogP contribution in [0.3, 0.4) is 0 Å². The molecule has 0 radical (unpaired) electrons. The Labute approximate surface area is 82.3 Å². The van der Waals surface area contributed by atoms with Crippen LogP contribution in [0.5, 0.6) is 0 Å². The molecular formula is C11H12O3. The van der Waals surface area contributed by atoms with Crippen molar-refractivity contribution in [2.45, 2.75) is 25.6 Å². The SMILES string of the molecule is CC1c2ccccc2COC1C(=O)O. The van der Waals surface area contributed by atoms with E-state index in [2.05, 4.69) is 0 Å². The van der Waals surface area contributed by atoms with Crippen molar-refractivity contribution < 1.29 is 14.6 Å². The molecule has 0 saturated heterocycles. The quantitative estimate of drug-likeness (QED) is 0.737. The molecule has 74 valence electrons. The van der Waals surface area contributed by atoms with Crippen LogP contribution in [0.4, 0.5) is 0 Å². The number of carbonyl (C=O) groups is 1. The first-order valence-electron chi connectivity index (χ1n) is 4.62. The van der Waals surface area contributed by atoms with Crippen molar-refractivity contribution in [3.8, 4) is 0 Å². The Morgan fingerprint density at radius 3 is 2.93 bits per heavy atom. The van der Waals surface area contributed by atoms with Gasteiger partial charge in [-0.3, -0.25) is 0 Å². The van der Waals surface area contributed by atoms with Crippen molar-refractivity contribution in [2.75, 3.05) is 0 Å². The van der Waals surface area contributed by atoms with Crippen LogP contribution in [0.2, 0.25) is 0 Å². The molecule has 2 unspecified atom stereocenters. The highest BCUT2D eigenvalue weighted by atomic mass is 16.5. The maximum atomic E-state index is 10.8. The number of fused-ring (bicyclic) bond motifs is 1. The normalized spacial score (nSPS) is 25.5. The smallest absolute Gasteiger partial charge is 0.333 e. The summed E-state index contributed by atoms with van der Waals surface area (Å²) in [6.45, 7) is 2.29. The van der Waals surface area contributed by atoms with Gasteiger partial charge < -0.3 is 9.84 Å². The molecule has 3 nitrogen and oxygen atoms in total. The van der Waals surface area contributed by atoms with Gasteiger partial charge in [0.1, 0.15) is 0 Å². The monoisotopic (exact) mass is 192 g/mol. The first kappa shape index (κ1) is 9.21. The molecule has 1 aliphatic heterocycles. The van der Waals surface area contributed by atoms with E-state index >= 15 is 0 Å². The third-order valence-corrected chi connectivity index (χ3v) is 2.66. The number of ether oxygens (including phenoxy) is 1. The summed E-state index contributed by atoms with van der Waals surface area (Å²) < 4.78 is 5.28. The molecule has 0 spiro atoms. The molecule has 0 fully saturated rings. The lowest BCUT2D eigenvalue weighted by molar-refractivity contribution is -0.153. The van der Waals surface area contributed by atoms with E-state index in [-0.39, 0.29) is 5.92 Å². The average Bonchev–Trinajstić information content (AvgIpc) is 2.18. The van der Waals surface area contributed by atoms with Gasteiger partial charge in [0.15, 0.2) is 6.10 Å². The second-order valence-corrected chi connectivity index (χ2v) is 3.56. The molecule has 0 aromatic heterocycles. The van der Waals surface area contributed by atoms with Crippen LogP contribution in [-0.4, -0.2) is 17.2 Å². The molecule has 0 bridgehead atoms. The zero-order valence-corrected chi connectivity index (χ0v) is 7.93. The average molecular weight is 192 g/mol. The van der Waals surface area contributed by atoms with E-state index in [0.717, 1.165) is 11.1 Å². The molecule has 1 aliphatic rings. The minimum atomic E-state index is -0.882. The van der Waals surface area contributed by atoms with Gasteiger partial charge in [0.25, 0.3) is 0 Å². The predicted octanol–water partition coefficient (Wildman–Crippen LogP) is 1.77. The summed E-state index contributed by atoms with van der Waals surface area (Å²) in [5.41, 5.74) is 2.18. The van der Waals surface area contributed by atoms with E-state index in [9.17, 15) is 4.79 Å². The van der Waals surface area contributed by atoms with Crippen LogP contribution in [0.15, 0.2) is 24.3 Å². The lowest BCUT2D eigenvalue weighted by Crippen LogP contribution is -2.33. The Bertz CT molecular complexity index is 359. The van der Waals surface area contributed by atoms with E-state index in [1.54, 1.807) is 0 Å². The van der Waals surface area contributed by atoms with E-state index in [1.807, 2.05) is 31.2 Å². The van der Waals surface area contributed by atoms with Crippen LogP contribution in [0.25, 0.3) is 0 Å². The van der Waals surface area contributed by atoms with Crippen molar-refractivity contribution in [3.05, 3.63) is 35.4 Å². The van der Waals surface area contributed by atoms with E-state index in [0.29, 0.717) is 6.61 Å². The summed E-state index contributed by atoms with van der Waals surface area (Å²) in [4.78, 5) is 10.8.